The summed E-state index contributed by atoms with van der Waals surface area (Å²) < 4.78 is 0. The van der Waals surface area contributed by atoms with Crippen molar-refractivity contribution in [1.29, 1.82) is 0 Å². The van der Waals surface area contributed by atoms with Crippen LogP contribution in [0.3, 0.4) is 0 Å². The number of hydrogen-bond donors (Lipinski definition) is 1. The van der Waals surface area contributed by atoms with Crippen LogP contribution in [-0.2, 0) is 12.0 Å². The van der Waals surface area contributed by atoms with Crippen LogP contribution < -0.4 is 0 Å². The van der Waals surface area contributed by atoms with Gasteiger partial charge in [0.2, 0.25) is 5.78 Å². The number of ketones is 1. The largest absolute Gasteiger partial charge is 0.507 e. The minimum atomic E-state index is -0.231. The van der Waals surface area contributed by atoms with Gasteiger partial charge in [-0.3, -0.25) is 9.69 Å². The van der Waals surface area contributed by atoms with Crippen LogP contribution in [0.1, 0.15) is 73.8 Å². The van der Waals surface area contributed by atoms with Gasteiger partial charge < -0.3 is 5.11 Å². The standard InChI is InChI=1S/C22H31NO2S/c1-6-8-11-23(7-2)15-17-13-16(21(25)19-10-9-12-26-19)14-18(20(17)24)22(3,4)5/h9-10,12-14,24H,6-8,11,15H2,1-5H3. The van der Waals surface area contributed by atoms with Crippen molar-refractivity contribution < 1.29 is 9.90 Å². The average molecular weight is 374 g/mol. The number of benzene rings is 1. The normalized spacial score (nSPS) is 11.9. The lowest BCUT2D eigenvalue weighted by molar-refractivity contribution is 0.104. The molecule has 0 atom stereocenters. The Labute approximate surface area is 161 Å². The van der Waals surface area contributed by atoms with Gasteiger partial charge in [-0.15, -0.1) is 11.3 Å². The van der Waals surface area contributed by atoms with Gasteiger partial charge in [0.15, 0.2) is 0 Å². The summed E-state index contributed by atoms with van der Waals surface area (Å²) in [6.07, 6.45) is 2.28. The zero-order valence-electron chi connectivity index (χ0n) is 16.6. The summed E-state index contributed by atoms with van der Waals surface area (Å²) >= 11 is 1.46. The van der Waals surface area contributed by atoms with Crippen molar-refractivity contribution in [1.82, 2.24) is 4.90 Å². The molecule has 0 bridgehead atoms. The molecule has 0 aliphatic carbocycles. The van der Waals surface area contributed by atoms with Crippen LogP contribution in [0.15, 0.2) is 29.6 Å². The summed E-state index contributed by atoms with van der Waals surface area (Å²) in [6.45, 7) is 13.1. The van der Waals surface area contributed by atoms with Crippen LogP contribution in [0.4, 0.5) is 0 Å². The van der Waals surface area contributed by atoms with Gasteiger partial charge in [-0.1, -0.05) is 47.1 Å². The fourth-order valence-electron chi connectivity index (χ4n) is 3.04. The van der Waals surface area contributed by atoms with Crippen molar-refractivity contribution in [3.63, 3.8) is 0 Å². The Balaban J connectivity index is 2.45. The molecule has 0 aliphatic heterocycles. The van der Waals surface area contributed by atoms with Crippen LogP contribution in [-0.4, -0.2) is 28.9 Å². The minimum Gasteiger partial charge on any atom is -0.507 e. The van der Waals surface area contributed by atoms with E-state index in [1.807, 2.05) is 29.6 Å². The Morgan fingerprint density at radius 2 is 1.96 bits per heavy atom. The van der Waals surface area contributed by atoms with Crippen LogP contribution in [0.25, 0.3) is 0 Å². The van der Waals surface area contributed by atoms with Gasteiger partial charge in [0.25, 0.3) is 0 Å². The molecule has 0 fully saturated rings. The smallest absolute Gasteiger partial charge is 0.202 e. The van der Waals surface area contributed by atoms with E-state index in [0.29, 0.717) is 17.9 Å². The first-order valence-electron chi connectivity index (χ1n) is 9.44. The summed E-state index contributed by atoms with van der Waals surface area (Å²) in [7, 11) is 0. The fraction of sp³-hybridized carbons (Fsp3) is 0.500. The molecule has 0 saturated carbocycles. The first-order valence-corrected chi connectivity index (χ1v) is 10.3. The highest BCUT2D eigenvalue weighted by molar-refractivity contribution is 7.12. The Morgan fingerprint density at radius 3 is 2.50 bits per heavy atom. The van der Waals surface area contributed by atoms with E-state index >= 15 is 0 Å². The molecule has 4 heteroatoms. The molecule has 0 aliphatic rings. The number of nitrogens with zero attached hydrogens (tertiary/aromatic N) is 1. The third-order valence-corrected chi connectivity index (χ3v) is 5.54. The number of carbonyl (C=O) groups is 1. The van der Waals surface area contributed by atoms with Crippen LogP contribution in [0, 0.1) is 0 Å². The molecular formula is C22H31NO2S. The predicted octanol–water partition coefficient (Wildman–Crippen LogP) is 5.60. The van der Waals surface area contributed by atoms with Gasteiger partial charge in [0.05, 0.1) is 4.88 Å². The summed E-state index contributed by atoms with van der Waals surface area (Å²) in [6, 6.07) is 7.49. The highest BCUT2D eigenvalue weighted by Crippen LogP contribution is 2.36. The number of unbranched alkanes of at least 4 members (excludes halogenated alkanes) is 1. The van der Waals surface area contributed by atoms with Crippen molar-refractivity contribution in [2.45, 2.75) is 59.4 Å². The number of carbonyl (C=O) groups excluding carboxylic acids is 1. The van der Waals surface area contributed by atoms with Gasteiger partial charge in [0, 0.05) is 23.2 Å². The van der Waals surface area contributed by atoms with Crippen molar-refractivity contribution in [3.8, 4) is 5.75 Å². The van der Waals surface area contributed by atoms with E-state index in [9.17, 15) is 9.90 Å². The maximum absolute atomic E-state index is 12.9. The Morgan fingerprint density at radius 1 is 1.23 bits per heavy atom. The van der Waals surface area contributed by atoms with Gasteiger partial charge in [-0.25, -0.2) is 0 Å². The van der Waals surface area contributed by atoms with E-state index in [0.717, 1.165) is 41.9 Å². The third kappa shape index (κ3) is 4.95. The Bertz CT molecular complexity index is 729. The number of hydrogen-bond acceptors (Lipinski definition) is 4. The number of thiophene rings is 1. The maximum atomic E-state index is 12.9. The van der Waals surface area contributed by atoms with E-state index < -0.39 is 0 Å². The topological polar surface area (TPSA) is 40.5 Å². The second-order valence-corrected chi connectivity index (χ2v) is 8.76. The van der Waals surface area contributed by atoms with Crippen LogP contribution in [0.2, 0.25) is 0 Å². The molecule has 0 saturated heterocycles. The SMILES string of the molecule is CCCCN(CC)Cc1cc(C(=O)c2cccs2)cc(C(C)(C)C)c1O. The first kappa shape index (κ1) is 20.7. The third-order valence-electron chi connectivity index (χ3n) is 4.67. The van der Waals surface area contributed by atoms with E-state index in [2.05, 4.69) is 39.5 Å². The molecule has 1 N–H and O–H groups in total. The van der Waals surface area contributed by atoms with Crippen molar-refractivity contribution in [3.05, 3.63) is 51.2 Å². The van der Waals surface area contributed by atoms with Crippen molar-refractivity contribution >= 4 is 17.1 Å². The maximum Gasteiger partial charge on any atom is 0.202 e. The lowest BCUT2D eigenvalue weighted by Gasteiger charge is -2.26. The lowest BCUT2D eigenvalue weighted by Crippen LogP contribution is -2.25. The monoisotopic (exact) mass is 373 g/mol. The molecule has 0 unspecified atom stereocenters. The lowest BCUT2D eigenvalue weighted by atomic mass is 9.83. The van der Waals surface area contributed by atoms with Gasteiger partial charge in [-0.05, 0) is 48.5 Å². The molecule has 3 nitrogen and oxygen atoms in total. The molecule has 142 valence electrons. The summed E-state index contributed by atoms with van der Waals surface area (Å²) in [5.41, 5.74) is 2.11. The molecule has 0 radical (unpaired) electrons. The summed E-state index contributed by atoms with van der Waals surface area (Å²) in [5, 5.41) is 12.8. The second kappa shape index (κ2) is 8.83. The molecule has 1 heterocycles. The molecule has 0 amide bonds. The number of aromatic hydroxyl groups is 1. The van der Waals surface area contributed by atoms with E-state index in [4.69, 9.17) is 0 Å². The molecule has 1 aromatic heterocycles. The molecular weight excluding hydrogens is 342 g/mol. The summed E-state index contributed by atoms with van der Waals surface area (Å²) in [5.74, 6) is 0.360. The van der Waals surface area contributed by atoms with Gasteiger partial charge in [-0.2, -0.15) is 0 Å². The van der Waals surface area contributed by atoms with Gasteiger partial charge >= 0.3 is 0 Å². The Hall–Kier alpha value is -1.65. The van der Waals surface area contributed by atoms with Gasteiger partial charge in [0.1, 0.15) is 5.75 Å². The zero-order valence-corrected chi connectivity index (χ0v) is 17.4. The highest BCUT2D eigenvalue weighted by atomic mass is 32.1. The fourth-order valence-corrected chi connectivity index (χ4v) is 3.73. The number of phenols is 1. The van der Waals surface area contributed by atoms with E-state index in [-0.39, 0.29) is 11.2 Å². The van der Waals surface area contributed by atoms with E-state index in [1.165, 1.54) is 11.3 Å². The first-order chi connectivity index (χ1) is 12.3. The minimum absolute atomic E-state index is 0.0309. The van der Waals surface area contributed by atoms with Crippen molar-refractivity contribution in [2.24, 2.45) is 0 Å². The quantitative estimate of drug-likeness (QED) is 0.612. The van der Waals surface area contributed by atoms with Crippen LogP contribution in [0.5, 0.6) is 5.75 Å². The van der Waals surface area contributed by atoms with E-state index in [1.54, 1.807) is 0 Å². The molecule has 26 heavy (non-hydrogen) atoms. The molecule has 1 aromatic carbocycles. The highest BCUT2D eigenvalue weighted by Gasteiger charge is 2.24. The Kier molecular flexibility index (Phi) is 7.01. The number of phenolic OH excluding ortho intramolecular Hbond substituents is 1. The molecule has 2 rings (SSSR count). The summed E-state index contributed by atoms with van der Waals surface area (Å²) in [4.78, 5) is 16.0. The van der Waals surface area contributed by atoms with Crippen LogP contribution >= 0.6 is 11.3 Å². The molecule has 2 aromatic rings. The molecule has 0 spiro atoms. The zero-order chi connectivity index (χ0) is 19.3. The predicted molar refractivity (Wildman–Crippen MR) is 110 cm³/mol. The average Bonchev–Trinajstić information content (AvgIpc) is 3.12. The number of rotatable bonds is 8. The second-order valence-electron chi connectivity index (χ2n) is 7.81. The van der Waals surface area contributed by atoms with Crippen molar-refractivity contribution in [2.75, 3.05) is 13.1 Å².